The molecule has 0 aromatic heterocycles. The van der Waals surface area contributed by atoms with Crippen LogP contribution in [0.4, 0.5) is 13.2 Å². The van der Waals surface area contributed by atoms with Gasteiger partial charge in [-0.1, -0.05) is 52.3 Å². The lowest BCUT2D eigenvalue weighted by molar-refractivity contribution is -0.189. The third-order valence-corrected chi connectivity index (χ3v) is 11.2. The number of carbonyl (C=O) groups excluding carboxylic acids is 8. The number of carbonyl (C=O) groups is 8. The Labute approximate surface area is 410 Å². The Morgan fingerprint density at radius 2 is 1.47 bits per heavy atom. The Kier molecular flexibility index (Phi) is 25.4. The molecule has 70 heavy (non-hydrogen) atoms. The van der Waals surface area contributed by atoms with E-state index in [0.29, 0.717) is 67.8 Å². The van der Waals surface area contributed by atoms with Crippen LogP contribution in [0, 0.1) is 11.8 Å². The van der Waals surface area contributed by atoms with Gasteiger partial charge in [0.2, 0.25) is 35.4 Å². The van der Waals surface area contributed by atoms with E-state index in [1.165, 1.54) is 24.0 Å². The van der Waals surface area contributed by atoms with Crippen LogP contribution in [0.2, 0.25) is 0 Å². The molecule has 8 N–H and O–H groups in total. The minimum absolute atomic E-state index is 0.00485. The summed E-state index contributed by atoms with van der Waals surface area (Å²) in [5.74, 6) is -7.10. The fourth-order valence-electron chi connectivity index (χ4n) is 7.90. The van der Waals surface area contributed by atoms with E-state index < -0.39 is 103 Å². The summed E-state index contributed by atoms with van der Waals surface area (Å²) in [6.45, 7) is 17.0. The van der Waals surface area contributed by atoms with Crippen molar-refractivity contribution < 1.29 is 56.3 Å². The normalized spacial score (nSPS) is 15.5. The summed E-state index contributed by atoms with van der Waals surface area (Å²) in [6, 6.07) is -0.148. The molecule has 0 spiro atoms. The molecule has 8 amide bonds. The Balaban J connectivity index is 2.52. The summed E-state index contributed by atoms with van der Waals surface area (Å²) in [7, 11) is 0. The zero-order valence-electron chi connectivity index (χ0n) is 42.2. The highest BCUT2D eigenvalue weighted by molar-refractivity contribution is 5.95. The number of rotatable bonds is 28. The molecule has 21 heteroatoms. The van der Waals surface area contributed by atoms with E-state index >= 15 is 0 Å². The first-order chi connectivity index (χ1) is 32.8. The number of unbranched alkanes of at least 4 members (excludes halogenated alkanes) is 3. The highest BCUT2D eigenvalue weighted by Gasteiger charge is 2.47. The number of ether oxygens (including phenoxy) is 1. The van der Waals surface area contributed by atoms with Crippen LogP contribution < -0.4 is 42.6 Å². The monoisotopic (exact) mass is 994 g/mol. The van der Waals surface area contributed by atoms with Gasteiger partial charge < -0.3 is 41.5 Å². The molecule has 0 aliphatic carbocycles. The van der Waals surface area contributed by atoms with E-state index in [0.717, 1.165) is 0 Å². The summed E-state index contributed by atoms with van der Waals surface area (Å²) in [5.41, 5.74) is 9.86. The Hall–Kier alpha value is -5.73. The molecular formula is C49H78F3N9O9. The third kappa shape index (κ3) is 22.4. The van der Waals surface area contributed by atoms with E-state index in [9.17, 15) is 51.5 Å². The van der Waals surface area contributed by atoms with E-state index in [4.69, 9.17) is 10.5 Å². The lowest BCUT2D eigenvalue weighted by Crippen LogP contribution is -2.61. The second-order valence-electron chi connectivity index (χ2n) is 19.6. The van der Waals surface area contributed by atoms with Gasteiger partial charge in [0.25, 0.3) is 5.91 Å². The number of nitrogens with zero attached hydrogens (tertiary/aromatic N) is 2. The largest absolute Gasteiger partial charge is 0.488 e. The number of amides is 8. The smallest absolute Gasteiger partial charge is 0.471 e. The van der Waals surface area contributed by atoms with Gasteiger partial charge in [-0.25, -0.2) is 0 Å². The van der Waals surface area contributed by atoms with Gasteiger partial charge in [-0.15, -0.1) is 6.58 Å². The van der Waals surface area contributed by atoms with Gasteiger partial charge in [-0.2, -0.15) is 13.2 Å². The lowest BCUT2D eigenvalue weighted by Gasteiger charge is -2.35. The Morgan fingerprint density at radius 1 is 0.843 bits per heavy atom. The second-order valence-corrected chi connectivity index (χ2v) is 19.6. The Morgan fingerprint density at radius 3 is 2.03 bits per heavy atom. The van der Waals surface area contributed by atoms with Crippen LogP contribution >= 0.6 is 0 Å². The van der Waals surface area contributed by atoms with Gasteiger partial charge in [0.15, 0.2) is 0 Å². The van der Waals surface area contributed by atoms with Crippen molar-refractivity contribution in [1.82, 2.24) is 41.9 Å². The number of nitrogens with two attached hydrogens (primary N) is 1. The SMILES string of the molecule is C=CCCC[C@@H](CN(C(=O)C(F)(F)F)[C@@H](Cc1ccc(OC(C)(C)C)cc1)C(=O)N[C@@H](CC(C)C)C(=O)NNC(=O)CCCCCN)NC(=O)CNC(=O)[C@H](CC(C)C)NC(=O)[C@@H]1CCCN1C(C)=O. The second kappa shape index (κ2) is 29.5. The van der Waals surface area contributed by atoms with E-state index in [1.54, 1.807) is 32.1 Å². The molecule has 0 unspecified atom stereocenters. The zero-order chi connectivity index (χ0) is 52.8. The molecule has 2 rings (SSSR count). The summed E-state index contributed by atoms with van der Waals surface area (Å²) >= 11 is 0. The quantitative estimate of drug-likeness (QED) is 0.0363. The summed E-state index contributed by atoms with van der Waals surface area (Å²) in [6.07, 6.45) is -0.579. The number of hydrogen-bond acceptors (Lipinski definition) is 10. The number of nitrogens with one attached hydrogen (secondary N) is 6. The molecule has 1 aromatic carbocycles. The number of alkyl halides is 3. The van der Waals surface area contributed by atoms with Gasteiger partial charge in [-0.3, -0.25) is 49.2 Å². The van der Waals surface area contributed by atoms with Crippen molar-refractivity contribution >= 4 is 47.3 Å². The summed E-state index contributed by atoms with van der Waals surface area (Å²) in [4.78, 5) is 108. The molecule has 1 heterocycles. The van der Waals surface area contributed by atoms with E-state index in [1.807, 2.05) is 34.6 Å². The van der Waals surface area contributed by atoms with Crippen molar-refractivity contribution in [3.63, 3.8) is 0 Å². The molecule has 0 saturated carbocycles. The molecule has 1 aromatic rings. The maximum atomic E-state index is 14.7. The van der Waals surface area contributed by atoms with Crippen LogP contribution in [-0.4, -0.2) is 125 Å². The van der Waals surface area contributed by atoms with Crippen LogP contribution in [0.15, 0.2) is 36.9 Å². The average molecular weight is 994 g/mol. The number of hydrazine groups is 1. The van der Waals surface area contributed by atoms with E-state index in [-0.39, 0.29) is 49.8 Å². The fraction of sp³-hybridized carbons (Fsp3) is 0.673. The molecule has 0 bridgehead atoms. The molecule has 1 aliphatic heterocycles. The number of halogens is 3. The molecule has 1 aliphatic rings. The highest BCUT2D eigenvalue weighted by Crippen LogP contribution is 2.25. The number of hydrogen-bond donors (Lipinski definition) is 7. The summed E-state index contributed by atoms with van der Waals surface area (Å²) < 4.78 is 50.1. The van der Waals surface area contributed by atoms with Crippen LogP contribution in [0.1, 0.15) is 132 Å². The van der Waals surface area contributed by atoms with Gasteiger partial charge >= 0.3 is 12.1 Å². The lowest BCUT2D eigenvalue weighted by atomic mass is 9.99. The highest BCUT2D eigenvalue weighted by atomic mass is 19.4. The van der Waals surface area contributed by atoms with Gasteiger partial charge in [0.05, 0.1) is 6.54 Å². The van der Waals surface area contributed by atoms with Crippen LogP contribution in [0.3, 0.4) is 0 Å². The van der Waals surface area contributed by atoms with Crippen molar-refractivity contribution in [1.29, 1.82) is 0 Å². The first kappa shape index (κ1) is 60.4. The molecule has 18 nitrogen and oxygen atoms in total. The number of benzene rings is 1. The minimum atomic E-state index is -5.51. The summed E-state index contributed by atoms with van der Waals surface area (Å²) in [5, 5.41) is 10.4. The molecule has 394 valence electrons. The predicted octanol–water partition coefficient (Wildman–Crippen LogP) is 3.86. The molecule has 1 saturated heterocycles. The number of allylic oxidation sites excluding steroid dienone is 1. The molecular weight excluding hydrogens is 916 g/mol. The first-order valence-corrected chi connectivity index (χ1v) is 24.3. The molecule has 5 atom stereocenters. The molecule has 0 radical (unpaired) electrons. The van der Waals surface area contributed by atoms with Gasteiger partial charge in [0.1, 0.15) is 35.5 Å². The molecule has 1 fully saturated rings. The van der Waals surface area contributed by atoms with Crippen molar-refractivity contribution in [2.45, 2.75) is 174 Å². The predicted molar refractivity (Wildman–Crippen MR) is 258 cm³/mol. The van der Waals surface area contributed by atoms with Gasteiger partial charge in [0, 0.05) is 38.9 Å². The van der Waals surface area contributed by atoms with Crippen molar-refractivity contribution in [2.75, 3.05) is 26.2 Å². The maximum Gasteiger partial charge on any atom is 0.471 e. The van der Waals surface area contributed by atoms with Crippen molar-refractivity contribution in [3.8, 4) is 5.75 Å². The van der Waals surface area contributed by atoms with E-state index in [2.05, 4.69) is 38.7 Å². The standard InChI is InChI=1S/C49H78F3N9O9/c1-10-11-13-17-35(55-42(64)29-54-43(65)37(26-31(2)3)56-45(67)39-18-16-25-60(39)33(6)62)30-61(47(69)49(50,51)52)40(28-34-20-22-36(23-21-34)70-48(7,8)9)46(68)57-38(27-32(4)5)44(66)59-58-41(63)19-14-12-15-24-53/h10,20-23,31-32,35,37-40H,1,11-19,24-30,53H2,2-9H3,(H,54,65)(H,55,64)(H,56,67)(H,57,68)(H,58,63)(H,59,66)/t35-,37-,38-,39-,40-/m0/s1. The Bertz CT molecular complexity index is 1910. The van der Waals surface area contributed by atoms with Gasteiger partial charge in [-0.05, 0) is 115 Å². The minimum Gasteiger partial charge on any atom is -0.488 e. The van der Waals surface area contributed by atoms with Crippen LogP contribution in [0.5, 0.6) is 5.75 Å². The average Bonchev–Trinajstić information content (AvgIpc) is 3.77. The topological polar surface area (TPSA) is 250 Å². The van der Waals surface area contributed by atoms with Crippen molar-refractivity contribution in [2.24, 2.45) is 17.6 Å². The fourth-order valence-corrected chi connectivity index (χ4v) is 7.90. The number of likely N-dealkylation sites (tertiary alicyclic amines) is 1. The van der Waals surface area contributed by atoms with Crippen LogP contribution in [0.25, 0.3) is 0 Å². The third-order valence-electron chi connectivity index (χ3n) is 11.2. The maximum absolute atomic E-state index is 14.7. The van der Waals surface area contributed by atoms with Crippen molar-refractivity contribution in [3.05, 3.63) is 42.5 Å². The zero-order valence-corrected chi connectivity index (χ0v) is 42.2. The van der Waals surface area contributed by atoms with Crippen LogP contribution in [-0.2, 0) is 44.8 Å². The first-order valence-electron chi connectivity index (χ1n) is 24.3.